The highest BCUT2D eigenvalue weighted by Crippen LogP contribution is 2.20. The van der Waals surface area contributed by atoms with Crippen LogP contribution < -0.4 is 0 Å². The van der Waals surface area contributed by atoms with Gasteiger partial charge in [-0.2, -0.15) is 0 Å². The normalized spacial score (nSPS) is 9.93. The minimum atomic E-state index is -0.491. The van der Waals surface area contributed by atoms with Crippen LogP contribution in [0, 0.1) is 9.39 Å². The maximum atomic E-state index is 12.9. The Morgan fingerprint density at radius 2 is 2.29 bits per heavy atom. The zero-order chi connectivity index (χ0) is 10.7. The molecule has 0 fully saturated rings. The molecule has 0 saturated heterocycles. The first-order valence-corrected chi connectivity index (χ1v) is 4.94. The molecular formula is C9H7BFIO2. The number of methoxy groups -OCH3 is 1. The summed E-state index contributed by atoms with van der Waals surface area (Å²) in [5.74, 6) is -0.891. The first-order chi connectivity index (χ1) is 6.60. The van der Waals surface area contributed by atoms with Gasteiger partial charge in [0.1, 0.15) is 5.82 Å². The lowest BCUT2D eigenvalue weighted by molar-refractivity contribution is 0.0598. The van der Waals surface area contributed by atoms with Crippen LogP contribution in [0.2, 0.25) is 0 Å². The predicted octanol–water partition coefficient (Wildman–Crippen LogP) is 1.89. The summed E-state index contributed by atoms with van der Waals surface area (Å²) in [5, 5.41) is 0. The number of hydrogen-bond acceptors (Lipinski definition) is 2. The maximum Gasteiger partial charge on any atom is 0.339 e. The van der Waals surface area contributed by atoms with Crippen molar-refractivity contribution in [2.75, 3.05) is 7.11 Å². The molecule has 0 N–H and O–H groups in total. The van der Waals surface area contributed by atoms with Gasteiger partial charge < -0.3 is 4.74 Å². The first-order valence-electron chi connectivity index (χ1n) is 3.86. The lowest BCUT2D eigenvalue weighted by Crippen LogP contribution is -2.09. The summed E-state index contributed by atoms with van der Waals surface area (Å²) < 4.78 is 18.0. The quantitative estimate of drug-likeness (QED) is 0.474. The fourth-order valence-electron chi connectivity index (χ4n) is 1.12. The molecule has 0 amide bonds. The largest absolute Gasteiger partial charge is 0.465 e. The van der Waals surface area contributed by atoms with Gasteiger partial charge in [0, 0.05) is 3.57 Å². The second-order valence-electron chi connectivity index (χ2n) is 2.62. The van der Waals surface area contributed by atoms with E-state index in [-0.39, 0.29) is 6.32 Å². The Labute approximate surface area is 96.4 Å². The van der Waals surface area contributed by atoms with Crippen LogP contribution in [0.3, 0.4) is 0 Å². The highest BCUT2D eigenvalue weighted by molar-refractivity contribution is 14.1. The van der Waals surface area contributed by atoms with Crippen LogP contribution in [0.4, 0.5) is 4.39 Å². The molecule has 2 nitrogen and oxygen atoms in total. The minimum Gasteiger partial charge on any atom is -0.465 e. The Morgan fingerprint density at radius 3 is 2.79 bits per heavy atom. The highest BCUT2D eigenvalue weighted by atomic mass is 127. The summed E-state index contributed by atoms with van der Waals surface area (Å²) in [5.41, 5.74) is 0.804. The number of carbonyl (C=O) groups excluding carboxylic acids is 1. The summed E-state index contributed by atoms with van der Waals surface area (Å²) in [4.78, 5) is 11.3. The number of ether oxygens (including phenoxy) is 1. The van der Waals surface area contributed by atoms with Crippen LogP contribution in [0.25, 0.3) is 0 Å². The number of esters is 1. The fourth-order valence-corrected chi connectivity index (χ4v) is 1.98. The molecule has 0 aliphatic rings. The van der Waals surface area contributed by atoms with Gasteiger partial charge in [-0.3, -0.25) is 0 Å². The van der Waals surface area contributed by atoms with Crippen molar-refractivity contribution in [1.29, 1.82) is 0 Å². The fraction of sp³-hybridized carbons (Fsp3) is 0.222. The van der Waals surface area contributed by atoms with Crippen molar-refractivity contribution in [2.45, 2.75) is 6.32 Å². The molecule has 0 aliphatic carbocycles. The smallest absolute Gasteiger partial charge is 0.339 e. The third-order valence-electron chi connectivity index (χ3n) is 1.75. The van der Waals surface area contributed by atoms with E-state index in [2.05, 4.69) is 4.74 Å². The molecule has 0 unspecified atom stereocenters. The van der Waals surface area contributed by atoms with Gasteiger partial charge in [0.05, 0.1) is 20.5 Å². The highest BCUT2D eigenvalue weighted by Gasteiger charge is 2.15. The van der Waals surface area contributed by atoms with Gasteiger partial charge in [0.2, 0.25) is 0 Å². The van der Waals surface area contributed by atoms with Gasteiger partial charge in [-0.05, 0) is 40.3 Å². The summed E-state index contributed by atoms with van der Waals surface area (Å²) >= 11 is 1.88. The predicted molar refractivity (Wildman–Crippen MR) is 59.9 cm³/mol. The van der Waals surface area contributed by atoms with Crippen molar-refractivity contribution in [3.05, 3.63) is 32.6 Å². The third-order valence-corrected chi connectivity index (χ3v) is 2.60. The van der Waals surface area contributed by atoms with Crippen molar-refractivity contribution in [1.82, 2.24) is 0 Å². The van der Waals surface area contributed by atoms with E-state index in [1.54, 1.807) is 0 Å². The van der Waals surface area contributed by atoms with E-state index in [1.807, 2.05) is 22.6 Å². The lowest BCUT2D eigenvalue weighted by Gasteiger charge is -2.08. The minimum absolute atomic E-state index is 0.109. The van der Waals surface area contributed by atoms with Crippen molar-refractivity contribution in [3.63, 3.8) is 0 Å². The molecule has 0 bridgehead atoms. The molecule has 0 heterocycles. The van der Waals surface area contributed by atoms with Gasteiger partial charge in [0.25, 0.3) is 0 Å². The molecule has 0 aliphatic heterocycles. The summed E-state index contributed by atoms with van der Waals surface area (Å²) in [6, 6.07) is 2.51. The van der Waals surface area contributed by atoms with Gasteiger partial charge >= 0.3 is 5.97 Å². The van der Waals surface area contributed by atoms with Gasteiger partial charge in [-0.25, -0.2) is 9.18 Å². The second kappa shape index (κ2) is 4.77. The maximum absolute atomic E-state index is 12.9. The zero-order valence-corrected chi connectivity index (χ0v) is 9.67. The van der Waals surface area contributed by atoms with E-state index in [9.17, 15) is 9.18 Å². The van der Waals surface area contributed by atoms with Crippen LogP contribution in [0.1, 0.15) is 15.9 Å². The van der Waals surface area contributed by atoms with Crippen LogP contribution >= 0.6 is 22.6 Å². The van der Waals surface area contributed by atoms with E-state index >= 15 is 0 Å². The molecule has 0 atom stereocenters. The third kappa shape index (κ3) is 2.26. The number of halogens is 2. The Hall–Kier alpha value is -0.585. The molecule has 14 heavy (non-hydrogen) atoms. The van der Waals surface area contributed by atoms with Gasteiger partial charge in [-0.1, -0.05) is 6.32 Å². The lowest BCUT2D eigenvalue weighted by atomic mass is 9.93. The standard InChI is InChI=1S/C9H7BFIO2/c1-14-9(13)8-5(4-10)2-6(11)3-7(8)12/h2-3H,4H2,1H3. The van der Waals surface area contributed by atoms with Crippen molar-refractivity contribution < 1.29 is 13.9 Å². The van der Waals surface area contributed by atoms with Gasteiger partial charge in [0.15, 0.2) is 0 Å². The average molecular weight is 304 g/mol. The molecule has 1 aromatic rings. The monoisotopic (exact) mass is 304 g/mol. The van der Waals surface area contributed by atoms with Crippen LogP contribution in [0.5, 0.6) is 0 Å². The molecule has 1 aromatic carbocycles. The van der Waals surface area contributed by atoms with Crippen molar-refractivity contribution in [2.24, 2.45) is 0 Å². The first kappa shape index (κ1) is 11.5. The second-order valence-corrected chi connectivity index (χ2v) is 3.78. The van der Waals surface area contributed by atoms with Crippen LogP contribution in [-0.4, -0.2) is 20.9 Å². The van der Waals surface area contributed by atoms with E-state index < -0.39 is 11.8 Å². The number of benzene rings is 1. The van der Waals surface area contributed by atoms with Crippen molar-refractivity contribution in [3.8, 4) is 0 Å². The Balaban J connectivity index is 3.32. The Bertz CT molecular complexity index is 368. The summed E-state index contributed by atoms with van der Waals surface area (Å²) in [6.45, 7) is 0. The average Bonchev–Trinajstić information content (AvgIpc) is 2.15. The van der Waals surface area contributed by atoms with E-state index in [0.717, 1.165) is 0 Å². The number of rotatable bonds is 2. The molecule has 2 radical (unpaired) electrons. The van der Waals surface area contributed by atoms with E-state index in [4.69, 9.17) is 7.85 Å². The zero-order valence-electron chi connectivity index (χ0n) is 7.51. The molecule has 0 aromatic heterocycles. The Morgan fingerprint density at radius 1 is 1.64 bits per heavy atom. The summed E-state index contributed by atoms with van der Waals surface area (Å²) in [7, 11) is 6.68. The van der Waals surface area contributed by atoms with E-state index in [1.165, 1.54) is 19.2 Å². The number of hydrogen-bond donors (Lipinski definition) is 0. The molecule has 5 heteroatoms. The van der Waals surface area contributed by atoms with E-state index in [0.29, 0.717) is 14.7 Å². The van der Waals surface area contributed by atoms with Gasteiger partial charge in [-0.15, -0.1) is 0 Å². The Kier molecular flexibility index (Phi) is 3.91. The molecule has 0 saturated carbocycles. The number of carbonyl (C=O) groups is 1. The van der Waals surface area contributed by atoms with Crippen molar-refractivity contribution >= 4 is 36.4 Å². The molecule has 1 rings (SSSR count). The molecule has 0 spiro atoms. The SMILES string of the molecule is [B]Cc1cc(F)cc(I)c1C(=O)OC. The molecule has 72 valence electrons. The van der Waals surface area contributed by atoms with Crippen LogP contribution in [0.15, 0.2) is 12.1 Å². The molecular weight excluding hydrogens is 297 g/mol. The summed E-state index contributed by atoms with van der Waals surface area (Å²) in [6.07, 6.45) is 0.109. The topological polar surface area (TPSA) is 26.3 Å². The van der Waals surface area contributed by atoms with Crippen LogP contribution in [-0.2, 0) is 11.1 Å².